The molecule has 0 N–H and O–H groups in total. The number of nitrogens with zero attached hydrogens (tertiary/aromatic N) is 2. The van der Waals surface area contributed by atoms with E-state index in [1.807, 2.05) is 65.6 Å². The van der Waals surface area contributed by atoms with E-state index in [0.717, 1.165) is 24.5 Å². The molecule has 5 nitrogen and oxygen atoms in total. The maximum absolute atomic E-state index is 12.8. The molecule has 2 heterocycles. The molecule has 0 saturated carbocycles. The first-order valence-corrected chi connectivity index (χ1v) is 9.62. The van der Waals surface area contributed by atoms with Crippen molar-refractivity contribution >= 4 is 23.4 Å². The molecule has 3 aromatic rings. The van der Waals surface area contributed by atoms with E-state index in [-0.39, 0.29) is 5.91 Å². The molecule has 1 saturated heterocycles. The highest BCUT2D eigenvalue weighted by Crippen LogP contribution is 2.21. The van der Waals surface area contributed by atoms with Crippen LogP contribution in [0.5, 0.6) is 5.75 Å². The number of piperazine rings is 1. The molecular formula is C22H21ClN2O3. The van der Waals surface area contributed by atoms with E-state index in [4.69, 9.17) is 20.8 Å². The molecule has 144 valence electrons. The van der Waals surface area contributed by atoms with Crippen molar-refractivity contribution in [2.75, 3.05) is 31.1 Å². The predicted molar refractivity (Wildman–Crippen MR) is 109 cm³/mol. The van der Waals surface area contributed by atoms with Gasteiger partial charge in [0.05, 0.1) is 6.26 Å². The summed E-state index contributed by atoms with van der Waals surface area (Å²) >= 11 is 6.15. The molecule has 1 aliphatic heterocycles. The highest BCUT2D eigenvalue weighted by molar-refractivity contribution is 6.31. The molecule has 1 aromatic heterocycles. The average Bonchev–Trinajstić information content (AvgIpc) is 3.28. The third kappa shape index (κ3) is 4.15. The third-order valence-corrected chi connectivity index (χ3v) is 5.21. The van der Waals surface area contributed by atoms with Crippen LogP contribution in [0.1, 0.15) is 15.9 Å². The number of ether oxygens (including phenoxy) is 1. The van der Waals surface area contributed by atoms with Gasteiger partial charge in [0.2, 0.25) is 0 Å². The summed E-state index contributed by atoms with van der Waals surface area (Å²) in [5, 5.41) is 0.683. The van der Waals surface area contributed by atoms with Gasteiger partial charge in [-0.2, -0.15) is 0 Å². The Balaban J connectivity index is 1.32. The van der Waals surface area contributed by atoms with Gasteiger partial charge < -0.3 is 19.0 Å². The molecule has 1 amide bonds. The number of carbonyl (C=O) groups excluding carboxylic acids is 1. The summed E-state index contributed by atoms with van der Waals surface area (Å²) < 4.78 is 11.2. The fraction of sp³-hybridized carbons (Fsp3) is 0.227. The second kappa shape index (κ2) is 8.40. The second-order valence-electron chi connectivity index (χ2n) is 6.63. The number of furan rings is 1. The van der Waals surface area contributed by atoms with E-state index in [2.05, 4.69) is 4.90 Å². The number of hydrogen-bond donors (Lipinski definition) is 0. The van der Waals surface area contributed by atoms with E-state index < -0.39 is 0 Å². The molecule has 0 spiro atoms. The zero-order valence-electron chi connectivity index (χ0n) is 15.4. The van der Waals surface area contributed by atoms with Crippen LogP contribution in [0.2, 0.25) is 5.02 Å². The molecule has 1 aliphatic rings. The largest absolute Gasteiger partial charge is 0.489 e. The van der Waals surface area contributed by atoms with Crippen LogP contribution >= 0.6 is 11.6 Å². The Morgan fingerprint density at radius 2 is 1.71 bits per heavy atom. The Hall–Kier alpha value is -2.92. The minimum Gasteiger partial charge on any atom is -0.489 e. The van der Waals surface area contributed by atoms with E-state index >= 15 is 0 Å². The summed E-state index contributed by atoms with van der Waals surface area (Å²) in [6.07, 6.45) is 1.67. The van der Waals surface area contributed by atoms with Crippen LogP contribution < -0.4 is 9.64 Å². The maximum Gasteiger partial charge on any atom is 0.253 e. The number of halogens is 1. The summed E-state index contributed by atoms with van der Waals surface area (Å²) in [5.41, 5.74) is 1.59. The lowest BCUT2D eigenvalue weighted by Crippen LogP contribution is -2.48. The second-order valence-corrected chi connectivity index (χ2v) is 7.04. The fourth-order valence-electron chi connectivity index (χ4n) is 3.23. The summed E-state index contributed by atoms with van der Waals surface area (Å²) in [5.74, 6) is 1.60. The number of carbonyl (C=O) groups is 1. The summed E-state index contributed by atoms with van der Waals surface area (Å²) in [6.45, 7) is 3.26. The van der Waals surface area contributed by atoms with Crippen molar-refractivity contribution in [3.8, 4) is 5.75 Å². The monoisotopic (exact) mass is 396 g/mol. The summed E-state index contributed by atoms with van der Waals surface area (Å²) in [7, 11) is 0. The van der Waals surface area contributed by atoms with Gasteiger partial charge in [-0.1, -0.05) is 29.8 Å². The van der Waals surface area contributed by atoms with E-state index in [1.54, 1.807) is 6.26 Å². The maximum atomic E-state index is 12.8. The highest BCUT2D eigenvalue weighted by atomic mass is 35.5. The van der Waals surface area contributed by atoms with Crippen LogP contribution in [0.4, 0.5) is 5.88 Å². The quantitative estimate of drug-likeness (QED) is 0.638. The molecule has 0 unspecified atom stereocenters. The molecule has 0 atom stereocenters. The van der Waals surface area contributed by atoms with Crippen LogP contribution in [0.15, 0.2) is 71.3 Å². The minimum atomic E-state index is 0.0387. The van der Waals surface area contributed by atoms with E-state index in [9.17, 15) is 4.79 Å². The van der Waals surface area contributed by atoms with E-state index in [0.29, 0.717) is 36.0 Å². The van der Waals surface area contributed by atoms with Crippen molar-refractivity contribution in [1.29, 1.82) is 0 Å². The molecule has 0 radical (unpaired) electrons. The smallest absolute Gasteiger partial charge is 0.253 e. The van der Waals surface area contributed by atoms with Crippen molar-refractivity contribution in [2.45, 2.75) is 6.61 Å². The molecule has 2 aromatic carbocycles. The minimum absolute atomic E-state index is 0.0387. The van der Waals surface area contributed by atoms with Crippen molar-refractivity contribution in [3.63, 3.8) is 0 Å². The van der Waals surface area contributed by atoms with Crippen LogP contribution in [-0.4, -0.2) is 37.0 Å². The van der Waals surface area contributed by atoms with Gasteiger partial charge in [-0.15, -0.1) is 0 Å². The Bertz CT molecular complexity index is 917. The van der Waals surface area contributed by atoms with Crippen molar-refractivity contribution < 1.29 is 13.9 Å². The highest BCUT2D eigenvalue weighted by Gasteiger charge is 2.23. The molecule has 4 rings (SSSR count). The zero-order valence-corrected chi connectivity index (χ0v) is 16.1. The lowest BCUT2D eigenvalue weighted by atomic mass is 10.1. The standard InChI is InChI=1S/C22H21ClN2O3/c23-20-5-2-1-4-18(20)16-28-19-9-7-17(8-10-19)22(26)25-13-11-24(12-14-25)21-6-3-15-27-21/h1-10,15H,11-14,16H2. The molecule has 0 bridgehead atoms. The van der Waals surface area contributed by atoms with Crippen molar-refractivity contribution in [2.24, 2.45) is 0 Å². The SMILES string of the molecule is O=C(c1ccc(OCc2ccccc2Cl)cc1)N1CCN(c2ccco2)CC1. The van der Waals surface area contributed by atoms with Crippen LogP contribution in [0, 0.1) is 0 Å². The van der Waals surface area contributed by atoms with Gasteiger partial charge in [0.1, 0.15) is 12.4 Å². The molecule has 1 fully saturated rings. The molecule has 0 aliphatic carbocycles. The lowest BCUT2D eigenvalue weighted by Gasteiger charge is -2.34. The first-order chi connectivity index (χ1) is 13.7. The summed E-state index contributed by atoms with van der Waals surface area (Å²) in [6, 6.07) is 18.7. The Kier molecular flexibility index (Phi) is 5.53. The van der Waals surface area contributed by atoms with E-state index in [1.165, 1.54) is 0 Å². The van der Waals surface area contributed by atoms with Crippen LogP contribution in [0.3, 0.4) is 0 Å². The number of amides is 1. The summed E-state index contributed by atoms with van der Waals surface area (Å²) in [4.78, 5) is 16.8. The molecular weight excluding hydrogens is 376 g/mol. The van der Waals surface area contributed by atoms with Gasteiger partial charge in [-0.3, -0.25) is 4.79 Å². The van der Waals surface area contributed by atoms with Crippen LogP contribution in [-0.2, 0) is 6.61 Å². The fourth-order valence-corrected chi connectivity index (χ4v) is 3.42. The van der Waals surface area contributed by atoms with Crippen LogP contribution in [0.25, 0.3) is 0 Å². The topological polar surface area (TPSA) is 45.9 Å². The van der Waals surface area contributed by atoms with Gasteiger partial charge >= 0.3 is 0 Å². The lowest BCUT2D eigenvalue weighted by molar-refractivity contribution is 0.0745. The molecule has 6 heteroatoms. The van der Waals surface area contributed by atoms with Gasteiger partial charge in [0.15, 0.2) is 5.88 Å². The van der Waals surface area contributed by atoms with Gasteiger partial charge in [0, 0.05) is 48.4 Å². The van der Waals surface area contributed by atoms with Crippen molar-refractivity contribution in [1.82, 2.24) is 4.90 Å². The van der Waals surface area contributed by atoms with Gasteiger partial charge in [0.25, 0.3) is 5.91 Å². The number of hydrogen-bond acceptors (Lipinski definition) is 4. The van der Waals surface area contributed by atoms with Gasteiger partial charge in [-0.05, 0) is 36.4 Å². The average molecular weight is 397 g/mol. The zero-order chi connectivity index (χ0) is 19.3. The first-order valence-electron chi connectivity index (χ1n) is 9.25. The van der Waals surface area contributed by atoms with Crippen molar-refractivity contribution in [3.05, 3.63) is 83.1 Å². The predicted octanol–water partition coefficient (Wildman–Crippen LogP) is 4.47. The normalized spacial score (nSPS) is 14.2. The van der Waals surface area contributed by atoms with Gasteiger partial charge in [-0.25, -0.2) is 0 Å². The molecule has 28 heavy (non-hydrogen) atoms. The first kappa shape index (κ1) is 18.4. The Labute approximate surface area is 169 Å². The number of anilines is 1. The Morgan fingerprint density at radius 1 is 0.964 bits per heavy atom. The number of rotatable bonds is 5. The third-order valence-electron chi connectivity index (χ3n) is 4.84. The Morgan fingerprint density at radius 3 is 2.39 bits per heavy atom. The number of benzene rings is 2.